The van der Waals surface area contributed by atoms with Gasteiger partial charge in [0.05, 0.1) is 5.01 Å². The van der Waals surface area contributed by atoms with Crippen LogP contribution in [0.1, 0.15) is 35.5 Å². The first-order chi connectivity index (χ1) is 9.70. The van der Waals surface area contributed by atoms with Crippen molar-refractivity contribution in [2.24, 2.45) is 0 Å². The molecule has 1 atom stereocenters. The molecule has 1 unspecified atom stereocenters. The van der Waals surface area contributed by atoms with Crippen molar-refractivity contribution in [3.63, 3.8) is 0 Å². The van der Waals surface area contributed by atoms with Crippen molar-refractivity contribution >= 4 is 27.3 Å². The molecule has 1 aromatic heterocycles. The lowest BCUT2D eigenvalue weighted by Crippen LogP contribution is -2.24. The molecule has 0 fully saturated rings. The Morgan fingerprint density at radius 1 is 1.35 bits per heavy atom. The van der Waals surface area contributed by atoms with Gasteiger partial charge < -0.3 is 5.32 Å². The molecule has 1 heterocycles. The number of aryl methyl sites for hydroxylation is 1. The highest BCUT2D eigenvalue weighted by Gasteiger charge is 2.16. The van der Waals surface area contributed by atoms with Gasteiger partial charge in [-0.1, -0.05) is 41.1 Å². The summed E-state index contributed by atoms with van der Waals surface area (Å²) in [4.78, 5) is 4.61. The summed E-state index contributed by atoms with van der Waals surface area (Å²) in [6.45, 7) is 6.32. The Morgan fingerprint density at radius 3 is 2.80 bits per heavy atom. The number of thiazole rings is 1. The van der Waals surface area contributed by atoms with Crippen molar-refractivity contribution in [1.29, 1.82) is 0 Å². The number of rotatable bonds is 7. The van der Waals surface area contributed by atoms with Crippen LogP contribution in [-0.4, -0.2) is 18.1 Å². The molecule has 0 aliphatic carbocycles. The van der Waals surface area contributed by atoms with Crippen molar-refractivity contribution in [2.45, 2.75) is 32.6 Å². The van der Waals surface area contributed by atoms with Crippen LogP contribution in [0.3, 0.4) is 0 Å². The third-order valence-corrected chi connectivity index (χ3v) is 4.96. The van der Waals surface area contributed by atoms with E-state index in [2.05, 4.69) is 69.7 Å². The van der Waals surface area contributed by atoms with Gasteiger partial charge in [0.15, 0.2) is 0 Å². The zero-order valence-electron chi connectivity index (χ0n) is 12.0. The van der Waals surface area contributed by atoms with E-state index in [-0.39, 0.29) is 0 Å². The van der Waals surface area contributed by atoms with Crippen molar-refractivity contribution < 1.29 is 0 Å². The smallest absolute Gasteiger partial charge is 0.0934 e. The van der Waals surface area contributed by atoms with Crippen LogP contribution in [0.4, 0.5) is 0 Å². The number of hydrogen-bond acceptors (Lipinski definition) is 3. The Balaban J connectivity index is 2.13. The van der Waals surface area contributed by atoms with Crippen LogP contribution in [0.5, 0.6) is 0 Å². The second-order valence-corrected chi connectivity index (χ2v) is 6.81. The first-order valence-electron chi connectivity index (χ1n) is 7.06. The summed E-state index contributed by atoms with van der Waals surface area (Å²) in [6, 6.07) is 8.51. The molecule has 0 radical (unpaired) electrons. The van der Waals surface area contributed by atoms with Gasteiger partial charge in [0.1, 0.15) is 0 Å². The lowest BCUT2D eigenvalue weighted by Gasteiger charge is -2.18. The third kappa shape index (κ3) is 4.40. The highest BCUT2D eigenvalue weighted by molar-refractivity contribution is 9.10. The van der Waals surface area contributed by atoms with Crippen molar-refractivity contribution in [2.75, 3.05) is 13.1 Å². The van der Waals surface area contributed by atoms with E-state index in [0.717, 1.165) is 25.2 Å². The normalized spacial score (nSPS) is 12.6. The van der Waals surface area contributed by atoms with E-state index >= 15 is 0 Å². The first kappa shape index (κ1) is 15.7. The number of nitrogens with zero attached hydrogens (tertiary/aromatic N) is 1. The van der Waals surface area contributed by atoms with Crippen LogP contribution in [0, 0.1) is 6.92 Å². The minimum absolute atomic E-state index is 0.461. The Kier molecular flexibility index (Phi) is 6.20. The maximum absolute atomic E-state index is 4.61. The fraction of sp³-hybridized carbons (Fsp3) is 0.438. The predicted octanol–water partition coefficient (Wildman–Crippen LogP) is 4.54. The lowest BCUT2D eigenvalue weighted by molar-refractivity contribution is 0.574. The van der Waals surface area contributed by atoms with Gasteiger partial charge in [-0.15, -0.1) is 11.3 Å². The Bertz CT molecular complexity index is 539. The summed E-state index contributed by atoms with van der Waals surface area (Å²) in [5.41, 5.74) is 2.49. The number of halogens is 1. The zero-order valence-corrected chi connectivity index (χ0v) is 14.4. The predicted molar refractivity (Wildman–Crippen MR) is 90.6 cm³/mol. The molecule has 0 saturated carbocycles. The maximum Gasteiger partial charge on any atom is 0.0934 e. The fourth-order valence-corrected chi connectivity index (χ4v) is 3.72. The van der Waals surface area contributed by atoms with E-state index in [1.165, 1.54) is 21.5 Å². The molecule has 0 aliphatic rings. The van der Waals surface area contributed by atoms with Crippen LogP contribution < -0.4 is 5.32 Å². The third-order valence-electron chi connectivity index (χ3n) is 3.25. The summed E-state index contributed by atoms with van der Waals surface area (Å²) in [6.07, 6.45) is 2.16. The molecule has 0 saturated heterocycles. The molecule has 108 valence electrons. The molecule has 1 aromatic carbocycles. The van der Waals surface area contributed by atoms with Gasteiger partial charge >= 0.3 is 0 Å². The van der Waals surface area contributed by atoms with Crippen molar-refractivity contribution in [3.8, 4) is 0 Å². The molecule has 2 nitrogen and oxygen atoms in total. The van der Waals surface area contributed by atoms with E-state index in [9.17, 15) is 0 Å². The quantitative estimate of drug-likeness (QED) is 0.739. The molecular weight excluding hydrogens is 332 g/mol. The highest BCUT2D eigenvalue weighted by atomic mass is 79.9. The largest absolute Gasteiger partial charge is 0.316 e. The van der Waals surface area contributed by atoms with Crippen LogP contribution >= 0.6 is 27.3 Å². The van der Waals surface area contributed by atoms with E-state index in [1.54, 1.807) is 11.3 Å². The number of nitrogens with one attached hydrogen (secondary N) is 1. The molecule has 1 N–H and O–H groups in total. The van der Waals surface area contributed by atoms with Crippen LogP contribution in [-0.2, 0) is 6.42 Å². The van der Waals surface area contributed by atoms with Gasteiger partial charge in [-0.05, 0) is 31.5 Å². The Labute approximate surface area is 133 Å². The summed E-state index contributed by atoms with van der Waals surface area (Å²) >= 11 is 5.44. The molecular formula is C16H21BrN2S. The Hall–Kier alpha value is -0.710. The lowest BCUT2D eigenvalue weighted by atomic mass is 9.96. The van der Waals surface area contributed by atoms with Gasteiger partial charge in [-0.3, -0.25) is 0 Å². The molecule has 0 spiro atoms. The van der Waals surface area contributed by atoms with E-state index in [0.29, 0.717) is 5.92 Å². The number of hydrogen-bond donors (Lipinski definition) is 1. The molecule has 20 heavy (non-hydrogen) atoms. The summed E-state index contributed by atoms with van der Waals surface area (Å²) in [5, 5.41) is 6.90. The van der Waals surface area contributed by atoms with Crippen molar-refractivity contribution in [1.82, 2.24) is 10.3 Å². The van der Waals surface area contributed by atoms with E-state index < -0.39 is 0 Å². The van der Waals surface area contributed by atoms with E-state index in [4.69, 9.17) is 0 Å². The average Bonchev–Trinajstić information content (AvgIpc) is 2.84. The molecule has 2 rings (SSSR count). The number of benzene rings is 1. The van der Waals surface area contributed by atoms with Gasteiger partial charge in [0.2, 0.25) is 0 Å². The molecule has 0 amide bonds. The summed E-state index contributed by atoms with van der Waals surface area (Å²) < 4.78 is 1.19. The minimum Gasteiger partial charge on any atom is -0.316 e. The summed E-state index contributed by atoms with van der Waals surface area (Å²) in [7, 11) is 0. The van der Waals surface area contributed by atoms with Crippen LogP contribution in [0.2, 0.25) is 0 Å². The molecule has 0 aliphatic heterocycles. The molecule has 0 bridgehead atoms. The van der Waals surface area contributed by atoms with Gasteiger partial charge in [0, 0.05) is 34.4 Å². The second kappa shape index (κ2) is 7.91. The minimum atomic E-state index is 0.461. The standard InChI is InChI=1S/C16H21BrN2S/c1-3-8-18-10-13(9-16-19-12(2)11-20-16)14-6-4-5-7-15(14)17/h4-7,11,13,18H,3,8-10H2,1-2H3. The van der Waals surface area contributed by atoms with Gasteiger partial charge in [-0.2, -0.15) is 0 Å². The van der Waals surface area contributed by atoms with Crippen molar-refractivity contribution in [3.05, 3.63) is 50.4 Å². The maximum atomic E-state index is 4.61. The summed E-state index contributed by atoms with van der Waals surface area (Å²) in [5.74, 6) is 0.461. The second-order valence-electron chi connectivity index (χ2n) is 5.01. The highest BCUT2D eigenvalue weighted by Crippen LogP contribution is 2.28. The van der Waals surface area contributed by atoms with Crippen LogP contribution in [0.15, 0.2) is 34.1 Å². The zero-order chi connectivity index (χ0) is 14.4. The average molecular weight is 353 g/mol. The fourth-order valence-electron chi connectivity index (χ4n) is 2.26. The van der Waals surface area contributed by atoms with E-state index in [1.807, 2.05) is 0 Å². The number of aromatic nitrogens is 1. The van der Waals surface area contributed by atoms with Gasteiger partial charge in [-0.25, -0.2) is 4.98 Å². The topological polar surface area (TPSA) is 24.9 Å². The Morgan fingerprint density at radius 2 is 2.15 bits per heavy atom. The van der Waals surface area contributed by atoms with Crippen LogP contribution in [0.25, 0.3) is 0 Å². The monoisotopic (exact) mass is 352 g/mol. The van der Waals surface area contributed by atoms with Gasteiger partial charge in [0.25, 0.3) is 0 Å². The molecule has 2 aromatic rings. The molecule has 4 heteroatoms. The first-order valence-corrected chi connectivity index (χ1v) is 8.74. The SMILES string of the molecule is CCCNCC(Cc1nc(C)cs1)c1ccccc1Br.